The van der Waals surface area contributed by atoms with Crippen molar-refractivity contribution in [3.8, 4) is 0 Å². The second-order valence-electron chi connectivity index (χ2n) is 6.39. The van der Waals surface area contributed by atoms with Crippen LogP contribution in [0.1, 0.15) is 34.7 Å². The van der Waals surface area contributed by atoms with E-state index in [1.807, 2.05) is 0 Å². The zero-order valence-corrected chi connectivity index (χ0v) is 15.3. The second-order valence-corrected chi connectivity index (χ2v) is 6.39. The Morgan fingerprint density at radius 3 is 2.23 bits per heavy atom. The molecule has 0 fully saturated rings. The van der Waals surface area contributed by atoms with Crippen LogP contribution in [0.4, 0.5) is 26.3 Å². The number of halogens is 6. The van der Waals surface area contributed by atoms with Crippen molar-refractivity contribution in [3.05, 3.63) is 69.2 Å². The molecule has 6 nitrogen and oxygen atoms in total. The molecule has 158 valence electrons. The Bertz CT molecular complexity index is 1210. The van der Waals surface area contributed by atoms with E-state index in [-0.39, 0.29) is 16.5 Å². The number of benzene rings is 1. The van der Waals surface area contributed by atoms with Crippen LogP contribution in [0, 0.1) is 17.5 Å². The van der Waals surface area contributed by atoms with Gasteiger partial charge in [-0.05, 0) is 25.1 Å². The van der Waals surface area contributed by atoms with Crippen molar-refractivity contribution in [2.24, 2.45) is 0 Å². The number of rotatable bonds is 3. The summed E-state index contributed by atoms with van der Waals surface area (Å²) in [5.41, 5.74) is -3.04. The third kappa shape index (κ3) is 3.72. The Balaban J connectivity index is 2.00. The number of aromatic nitrogens is 3. The Morgan fingerprint density at radius 1 is 1.07 bits per heavy atom. The fourth-order valence-corrected chi connectivity index (χ4v) is 2.82. The molecule has 30 heavy (non-hydrogen) atoms. The maximum atomic E-state index is 13.7. The minimum atomic E-state index is -5.02. The number of H-pyrrole nitrogens is 1. The number of carbonyl (C=O) groups is 1. The molecular formula is C18H12F6N4O2. The van der Waals surface area contributed by atoms with E-state index in [2.05, 4.69) is 15.2 Å². The van der Waals surface area contributed by atoms with Crippen molar-refractivity contribution in [2.45, 2.75) is 19.1 Å². The zero-order valence-electron chi connectivity index (χ0n) is 15.3. The van der Waals surface area contributed by atoms with Crippen LogP contribution in [0.25, 0.3) is 10.8 Å². The summed E-state index contributed by atoms with van der Waals surface area (Å²) in [6, 6.07) is 0.857. The first-order valence-corrected chi connectivity index (χ1v) is 8.29. The van der Waals surface area contributed by atoms with Crippen molar-refractivity contribution in [1.29, 1.82) is 0 Å². The fraction of sp³-hybridized carbons (Fsp3) is 0.222. The van der Waals surface area contributed by atoms with Crippen molar-refractivity contribution in [1.82, 2.24) is 20.1 Å². The molecule has 1 atom stereocenters. The highest BCUT2D eigenvalue weighted by Crippen LogP contribution is 2.30. The largest absolute Gasteiger partial charge is 0.436 e. The highest BCUT2D eigenvalue weighted by Gasteiger charge is 2.36. The Morgan fingerprint density at radius 2 is 1.67 bits per heavy atom. The SMILES string of the molecule is CC(c1n[nH]c(=O)c2cc(F)c(F)cc12)N(C)C(=O)c1cnc(C(F)(F)F)c(F)c1. The fourth-order valence-electron chi connectivity index (χ4n) is 2.82. The van der Waals surface area contributed by atoms with Gasteiger partial charge >= 0.3 is 6.18 Å². The van der Waals surface area contributed by atoms with Crippen LogP contribution >= 0.6 is 0 Å². The molecular weight excluding hydrogens is 418 g/mol. The summed E-state index contributed by atoms with van der Waals surface area (Å²) >= 11 is 0. The van der Waals surface area contributed by atoms with Gasteiger partial charge in [-0.2, -0.15) is 18.3 Å². The standard InChI is InChI=1S/C18H12F6N4O2/c1-7(14-9-4-11(19)12(20)5-10(9)16(29)27-26-14)28(2)17(30)8-3-13(21)15(25-6-8)18(22,23)24/h3-7H,1-2H3,(H,27,29). The van der Waals surface area contributed by atoms with E-state index < -0.39 is 52.4 Å². The first kappa shape index (κ1) is 21.3. The van der Waals surface area contributed by atoms with E-state index >= 15 is 0 Å². The van der Waals surface area contributed by atoms with Crippen LogP contribution in [0.3, 0.4) is 0 Å². The maximum absolute atomic E-state index is 13.7. The lowest BCUT2D eigenvalue weighted by molar-refractivity contribution is -0.143. The van der Waals surface area contributed by atoms with Gasteiger partial charge in [0, 0.05) is 18.6 Å². The summed E-state index contributed by atoms with van der Waals surface area (Å²) in [6.07, 6.45) is -4.45. The number of nitrogens with zero attached hydrogens (tertiary/aromatic N) is 3. The quantitative estimate of drug-likeness (QED) is 0.645. The van der Waals surface area contributed by atoms with E-state index in [9.17, 15) is 35.9 Å². The van der Waals surface area contributed by atoms with E-state index in [1.165, 1.54) is 14.0 Å². The number of hydrogen-bond donors (Lipinski definition) is 1. The van der Waals surface area contributed by atoms with Crippen LogP contribution in [0.5, 0.6) is 0 Å². The Labute approximate surface area is 164 Å². The van der Waals surface area contributed by atoms with Gasteiger partial charge in [0.15, 0.2) is 23.1 Å². The molecule has 1 unspecified atom stereocenters. The van der Waals surface area contributed by atoms with Crippen LogP contribution in [0.2, 0.25) is 0 Å². The molecule has 3 aromatic rings. The van der Waals surface area contributed by atoms with Gasteiger partial charge in [0.25, 0.3) is 11.5 Å². The van der Waals surface area contributed by atoms with Gasteiger partial charge < -0.3 is 4.90 Å². The minimum absolute atomic E-state index is 0.0142. The second kappa shape index (κ2) is 7.43. The third-order valence-corrected chi connectivity index (χ3v) is 4.51. The molecule has 0 aliphatic rings. The first-order valence-electron chi connectivity index (χ1n) is 8.29. The summed E-state index contributed by atoms with van der Waals surface area (Å²) in [5, 5.41) is 5.60. The summed E-state index contributed by atoms with van der Waals surface area (Å²) in [7, 11) is 1.24. The van der Waals surface area contributed by atoms with Crippen molar-refractivity contribution >= 4 is 16.7 Å². The molecule has 0 bridgehead atoms. The van der Waals surface area contributed by atoms with Crippen molar-refractivity contribution in [2.75, 3.05) is 7.05 Å². The molecule has 3 rings (SSSR count). The molecule has 0 aliphatic heterocycles. The lowest BCUT2D eigenvalue weighted by atomic mass is 10.0. The molecule has 12 heteroatoms. The number of fused-ring (bicyclic) bond motifs is 1. The number of carbonyl (C=O) groups excluding carboxylic acids is 1. The lowest BCUT2D eigenvalue weighted by Crippen LogP contribution is -2.31. The predicted octanol–water partition coefficient (Wildman–Crippen LogP) is 3.59. The molecule has 1 amide bonds. The van der Waals surface area contributed by atoms with Crippen LogP contribution in [-0.2, 0) is 6.18 Å². The van der Waals surface area contributed by atoms with Crippen molar-refractivity contribution in [3.63, 3.8) is 0 Å². The topological polar surface area (TPSA) is 79.0 Å². The van der Waals surface area contributed by atoms with E-state index in [4.69, 9.17) is 0 Å². The van der Waals surface area contributed by atoms with Crippen LogP contribution in [0.15, 0.2) is 29.2 Å². The number of aromatic amines is 1. The number of pyridine rings is 1. The van der Waals surface area contributed by atoms with Gasteiger partial charge in [-0.25, -0.2) is 23.3 Å². The molecule has 1 N–H and O–H groups in total. The average Bonchev–Trinajstić information content (AvgIpc) is 2.67. The van der Waals surface area contributed by atoms with Gasteiger partial charge in [0.05, 0.1) is 22.7 Å². The number of hydrogen-bond acceptors (Lipinski definition) is 4. The first-order chi connectivity index (χ1) is 13.9. The summed E-state index contributed by atoms with van der Waals surface area (Å²) in [4.78, 5) is 28.4. The van der Waals surface area contributed by atoms with Gasteiger partial charge in [-0.3, -0.25) is 9.59 Å². The summed E-state index contributed by atoms with van der Waals surface area (Å²) in [6.45, 7) is 1.42. The van der Waals surface area contributed by atoms with Crippen LogP contribution in [-0.4, -0.2) is 33.0 Å². The lowest BCUT2D eigenvalue weighted by Gasteiger charge is -2.25. The molecule has 2 aromatic heterocycles. The predicted molar refractivity (Wildman–Crippen MR) is 92.0 cm³/mol. The maximum Gasteiger partial charge on any atom is 0.436 e. The molecule has 0 radical (unpaired) electrons. The Kier molecular flexibility index (Phi) is 5.27. The third-order valence-electron chi connectivity index (χ3n) is 4.51. The molecule has 2 heterocycles. The van der Waals surface area contributed by atoms with Crippen LogP contribution < -0.4 is 5.56 Å². The Hall–Kier alpha value is -3.44. The molecule has 0 saturated carbocycles. The van der Waals surface area contributed by atoms with E-state index in [1.54, 1.807) is 0 Å². The highest BCUT2D eigenvalue weighted by molar-refractivity contribution is 5.94. The minimum Gasteiger partial charge on any atom is -0.333 e. The molecule has 0 aliphatic carbocycles. The smallest absolute Gasteiger partial charge is 0.333 e. The monoisotopic (exact) mass is 430 g/mol. The van der Waals surface area contributed by atoms with Gasteiger partial charge in [0.1, 0.15) is 0 Å². The van der Waals surface area contributed by atoms with Gasteiger partial charge in [0.2, 0.25) is 0 Å². The number of amides is 1. The summed E-state index contributed by atoms with van der Waals surface area (Å²) < 4.78 is 78.8. The van der Waals surface area contributed by atoms with Crippen molar-refractivity contribution < 1.29 is 31.1 Å². The molecule has 1 aromatic carbocycles. The average molecular weight is 430 g/mol. The van der Waals surface area contributed by atoms with Gasteiger partial charge in [-0.15, -0.1) is 0 Å². The highest BCUT2D eigenvalue weighted by atomic mass is 19.4. The van der Waals surface area contributed by atoms with E-state index in [0.717, 1.165) is 11.0 Å². The number of alkyl halides is 3. The zero-order chi connectivity index (χ0) is 22.4. The van der Waals surface area contributed by atoms with E-state index in [0.29, 0.717) is 18.3 Å². The molecule has 0 saturated heterocycles. The number of nitrogens with one attached hydrogen (secondary N) is 1. The molecule has 0 spiro atoms. The summed E-state index contributed by atoms with van der Waals surface area (Å²) in [5.74, 6) is -5.13. The normalized spacial score (nSPS) is 12.8. The van der Waals surface area contributed by atoms with Gasteiger partial charge in [-0.1, -0.05) is 0 Å².